The lowest BCUT2D eigenvalue weighted by Crippen LogP contribution is -2.43. The van der Waals surface area contributed by atoms with Crippen molar-refractivity contribution < 1.29 is 13.9 Å². The molecule has 1 N–H and O–H groups in total. The zero-order valence-corrected chi connectivity index (χ0v) is 13.0. The molecule has 4 rings (SSSR count). The van der Waals surface area contributed by atoms with Crippen LogP contribution >= 0.6 is 0 Å². The van der Waals surface area contributed by atoms with Gasteiger partial charge in [-0.2, -0.15) is 0 Å². The first-order valence-corrected chi connectivity index (χ1v) is 7.93. The van der Waals surface area contributed by atoms with E-state index in [4.69, 9.17) is 9.47 Å². The normalized spacial score (nSPS) is 18.5. The molecule has 2 aromatic rings. The quantitative estimate of drug-likeness (QED) is 0.935. The third kappa shape index (κ3) is 2.56. The second-order valence-electron chi connectivity index (χ2n) is 5.92. The molecule has 1 atom stereocenters. The minimum absolute atomic E-state index is 0.204. The maximum atomic E-state index is 13.1. The van der Waals surface area contributed by atoms with Crippen LogP contribution in [-0.4, -0.2) is 19.4 Å². The Bertz CT molecular complexity index is 718. The van der Waals surface area contributed by atoms with Crippen LogP contribution in [0.5, 0.6) is 11.5 Å². The van der Waals surface area contributed by atoms with Crippen LogP contribution in [-0.2, 0) is 6.54 Å². The van der Waals surface area contributed by atoms with Gasteiger partial charge in [0.05, 0.1) is 11.4 Å². The molecule has 0 saturated carbocycles. The first-order valence-electron chi connectivity index (χ1n) is 7.93. The third-order valence-electron chi connectivity index (χ3n) is 4.51. The fraction of sp³-hybridized carbons (Fsp3) is 0.333. The van der Waals surface area contributed by atoms with Gasteiger partial charge in [0.25, 0.3) is 0 Å². The molecular weight excluding hydrogens is 295 g/mol. The van der Waals surface area contributed by atoms with E-state index in [1.54, 1.807) is 0 Å². The first-order chi connectivity index (χ1) is 11.2. The number of rotatable bonds is 3. The van der Waals surface area contributed by atoms with E-state index in [0.29, 0.717) is 6.04 Å². The Morgan fingerprint density at radius 2 is 1.91 bits per heavy atom. The van der Waals surface area contributed by atoms with E-state index in [-0.39, 0.29) is 12.6 Å². The van der Waals surface area contributed by atoms with Crippen LogP contribution in [0.15, 0.2) is 36.4 Å². The molecule has 0 aromatic heterocycles. The first kappa shape index (κ1) is 14.2. The monoisotopic (exact) mass is 314 g/mol. The Kier molecular flexibility index (Phi) is 3.48. The number of benzene rings is 2. The number of halogens is 1. The van der Waals surface area contributed by atoms with Crippen molar-refractivity contribution in [2.45, 2.75) is 25.9 Å². The van der Waals surface area contributed by atoms with E-state index in [1.165, 1.54) is 12.1 Å². The van der Waals surface area contributed by atoms with Gasteiger partial charge in [0.1, 0.15) is 5.82 Å². The van der Waals surface area contributed by atoms with Crippen molar-refractivity contribution >= 4 is 11.4 Å². The second-order valence-corrected chi connectivity index (χ2v) is 5.92. The molecule has 2 heterocycles. The summed E-state index contributed by atoms with van der Waals surface area (Å²) in [6, 6.07) is 11.1. The van der Waals surface area contributed by atoms with Gasteiger partial charge in [0.2, 0.25) is 6.79 Å². The number of hydrogen-bond donors (Lipinski definition) is 1. The maximum absolute atomic E-state index is 13.1. The van der Waals surface area contributed by atoms with E-state index in [0.717, 1.165) is 47.9 Å². The van der Waals surface area contributed by atoms with Crippen molar-refractivity contribution in [3.05, 3.63) is 47.8 Å². The van der Waals surface area contributed by atoms with Gasteiger partial charge >= 0.3 is 0 Å². The molecule has 120 valence electrons. The van der Waals surface area contributed by atoms with Crippen LogP contribution < -0.4 is 19.7 Å². The van der Waals surface area contributed by atoms with Gasteiger partial charge < -0.3 is 19.7 Å². The summed E-state index contributed by atoms with van der Waals surface area (Å²) in [4.78, 5) is 2.36. The summed E-state index contributed by atoms with van der Waals surface area (Å²) in [6.07, 6.45) is 1.03. The molecule has 1 unspecified atom stereocenters. The molecule has 0 radical (unpaired) electrons. The lowest BCUT2D eigenvalue weighted by molar-refractivity contribution is 0.174. The Morgan fingerprint density at radius 3 is 2.65 bits per heavy atom. The molecule has 5 heteroatoms. The van der Waals surface area contributed by atoms with Crippen molar-refractivity contribution in [3.8, 4) is 11.5 Å². The molecule has 0 amide bonds. The molecule has 0 bridgehead atoms. The van der Waals surface area contributed by atoms with E-state index >= 15 is 0 Å². The SMILES string of the molecule is CCC1CNc2cc3c(cc2N1Cc1ccc(F)cc1)OCO3. The largest absolute Gasteiger partial charge is 0.454 e. The lowest BCUT2D eigenvalue weighted by atomic mass is 10.0. The highest BCUT2D eigenvalue weighted by Crippen LogP contribution is 2.44. The van der Waals surface area contributed by atoms with Crippen LogP contribution in [0.1, 0.15) is 18.9 Å². The summed E-state index contributed by atoms with van der Waals surface area (Å²) >= 11 is 0. The summed E-state index contributed by atoms with van der Waals surface area (Å²) in [6.45, 7) is 4.08. The molecule has 2 aliphatic heterocycles. The average molecular weight is 314 g/mol. The average Bonchev–Trinajstić information content (AvgIpc) is 3.02. The van der Waals surface area contributed by atoms with Crippen LogP contribution in [0.2, 0.25) is 0 Å². The van der Waals surface area contributed by atoms with Crippen molar-refractivity contribution in [1.82, 2.24) is 0 Å². The highest BCUT2D eigenvalue weighted by molar-refractivity contribution is 5.77. The minimum Gasteiger partial charge on any atom is -0.454 e. The summed E-state index contributed by atoms with van der Waals surface area (Å²) in [5.41, 5.74) is 3.26. The summed E-state index contributed by atoms with van der Waals surface area (Å²) in [7, 11) is 0. The number of hydrogen-bond acceptors (Lipinski definition) is 4. The van der Waals surface area contributed by atoms with Crippen LogP contribution in [0, 0.1) is 5.82 Å². The number of nitrogens with zero attached hydrogens (tertiary/aromatic N) is 1. The van der Waals surface area contributed by atoms with E-state index in [9.17, 15) is 4.39 Å². The molecule has 4 nitrogen and oxygen atoms in total. The maximum Gasteiger partial charge on any atom is 0.231 e. The molecular formula is C18H19FN2O2. The van der Waals surface area contributed by atoms with Crippen LogP contribution in [0.4, 0.5) is 15.8 Å². The van der Waals surface area contributed by atoms with Crippen molar-refractivity contribution in [1.29, 1.82) is 0 Å². The topological polar surface area (TPSA) is 33.7 Å². The fourth-order valence-corrected chi connectivity index (χ4v) is 3.21. The minimum atomic E-state index is -0.204. The van der Waals surface area contributed by atoms with Gasteiger partial charge in [-0.15, -0.1) is 0 Å². The number of anilines is 2. The van der Waals surface area contributed by atoms with Crippen molar-refractivity contribution in [2.75, 3.05) is 23.6 Å². The Hall–Kier alpha value is -2.43. The number of fused-ring (bicyclic) bond motifs is 2. The molecule has 0 fully saturated rings. The standard InChI is InChI=1S/C18H19FN2O2/c1-2-14-9-20-15-7-17-18(23-11-22-17)8-16(15)21(14)10-12-3-5-13(19)6-4-12/h3-8,14,20H,2,9-11H2,1H3. The predicted octanol–water partition coefficient (Wildman–Crippen LogP) is 3.77. The lowest BCUT2D eigenvalue weighted by Gasteiger charge is -2.39. The van der Waals surface area contributed by atoms with Gasteiger partial charge in [-0.25, -0.2) is 4.39 Å². The Labute approximate surface area is 134 Å². The van der Waals surface area contributed by atoms with Crippen molar-refractivity contribution in [2.24, 2.45) is 0 Å². The van der Waals surface area contributed by atoms with Gasteiger partial charge in [-0.1, -0.05) is 19.1 Å². The molecule has 2 aromatic carbocycles. The van der Waals surface area contributed by atoms with Crippen LogP contribution in [0.3, 0.4) is 0 Å². The third-order valence-corrected chi connectivity index (χ3v) is 4.51. The molecule has 23 heavy (non-hydrogen) atoms. The Morgan fingerprint density at radius 1 is 1.17 bits per heavy atom. The Balaban J connectivity index is 1.70. The van der Waals surface area contributed by atoms with Crippen molar-refractivity contribution in [3.63, 3.8) is 0 Å². The smallest absolute Gasteiger partial charge is 0.231 e. The summed E-state index contributed by atoms with van der Waals surface area (Å²) < 4.78 is 24.1. The number of nitrogens with one attached hydrogen (secondary N) is 1. The molecule has 0 spiro atoms. The highest BCUT2D eigenvalue weighted by atomic mass is 19.1. The highest BCUT2D eigenvalue weighted by Gasteiger charge is 2.28. The van der Waals surface area contributed by atoms with Gasteiger partial charge in [0.15, 0.2) is 11.5 Å². The summed E-state index contributed by atoms with van der Waals surface area (Å²) in [5, 5.41) is 3.48. The molecule has 2 aliphatic rings. The number of ether oxygens (including phenoxy) is 2. The fourth-order valence-electron chi connectivity index (χ4n) is 3.21. The molecule has 0 saturated heterocycles. The zero-order chi connectivity index (χ0) is 15.8. The van der Waals surface area contributed by atoms with E-state index in [2.05, 4.69) is 17.1 Å². The molecule has 0 aliphatic carbocycles. The zero-order valence-electron chi connectivity index (χ0n) is 13.0. The second kappa shape index (κ2) is 5.65. The summed E-state index contributed by atoms with van der Waals surface area (Å²) in [5.74, 6) is 1.37. The van der Waals surface area contributed by atoms with Gasteiger partial charge in [-0.3, -0.25) is 0 Å². The van der Waals surface area contributed by atoms with E-state index in [1.807, 2.05) is 24.3 Å². The van der Waals surface area contributed by atoms with Crippen LogP contribution in [0.25, 0.3) is 0 Å². The van der Waals surface area contributed by atoms with E-state index < -0.39 is 0 Å². The van der Waals surface area contributed by atoms with Gasteiger partial charge in [0, 0.05) is 31.3 Å². The van der Waals surface area contributed by atoms with Gasteiger partial charge in [-0.05, 0) is 24.1 Å². The predicted molar refractivity (Wildman–Crippen MR) is 87.7 cm³/mol.